The van der Waals surface area contributed by atoms with Gasteiger partial charge in [-0.15, -0.1) is 0 Å². The number of rotatable bonds is 4. The van der Waals surface area contributed by atoms with Gasteiger partial charge >= 0.3 is 0 Å². The van der Waals surface area contributed by atoms with Crippen molar-refractivity contribution in [1.29, 1.82) is 0 Å². The van der Waals surface area contributed by atoms with Gasteiger partial charge in [0.1, 0.15) is 5.82 Å². The van der Waals surface area contributed by atoms with E-state index in [1.165, 1.54) is 49.0 Å². The molecule has 4 aromatic heterocycles. The van der Waals surface area contributed by atoms with Gasteiger partial charge in [0.25, 0.3) is 0 Å². The Bertz CT molecular complexity index is 2750. The number of hydrogen-bond acceptors (Lipinski definition) is 1. The number of para-hydroxylation sites is 3. The molecule has 0 aliphatic heterocycles. The van der Waals surface area contributed by atoms with E-state index in [0.717, 1.165) is 33.8 Å². The number of pyridine rings is 1. The van der Waals surface area contributed by atoms with E-state index >= 15 is 0 Å². The van der Waals surface area contributed by atoms with Crippen LogP contribution in [0.2, 0.25) is 0 Å². The zero-order valence-electron chi connectivity index (χ0n) is 25.5. The minimum absolute atomic E-state index is 0.899. The van der Waals surface area contributed by atoms with Crippen LogP contribution in [-0.4, -0.2) is 18.7 Å². The van der Waals surface area contributed by atoms with Gasteiger partial charge in [0, 0.05) is 56.3 Å². The molecule has 0 aliphatic rings. The van der Waals surface area contributed by atoms with E-state index in [4.69, 9.17) is 4.98 Å². The second kappa shape index (κ2) is 10.1. The molecule has 0 spiro atoms. The van der Waals surface area contributed by atoms with Crippen molar-refractivity contribution in [2.75, 3.05) is 0 Å². The van der Waals surface area contributed by atoms with Gasteiger partial charge < -0.3 is 9.13 Å². The van der Waals surface area contributed by atoms with Crippen molar-refractivity contribution in [3.05, 3.63) is 170 Å². The van der Waals surface area contributed by atoms with E-state index in [0.29, 0.717) is 0 Å². The van der Waals surface area contributed by atoms with Gasteiger partial charge in [-0.05, 0) is 72.3 Å². The topological polar surface area (TPSA) is 27.7 Å². The Morgan fingerprint density at radius 1 is 0.426 bits per heavy atom. The molecular weight excluding hydrogens is 573 g/mol. The van der Waals surface area contributed by atoms with E-state index in [1.807, 2.05) is 12.3 Å². The summed E-state index contributed by atoms with van der Waals surface area (Å²) in [5.74, 6) is 0.899. The summed E-state index contributed by atoms with van der Waals surface area (Å²) in [5.41, 5.74) is 10.4. The number of aromatic nitrogens is 4. The van der Waals surface area contributed by atoms with Crippen LogP contribution in [-0.2, 0) is 0 Å². The Morgan fingerprint density at radius 2 is 1.15 bits per heavy atom. The lowest BCUT2D eigenvalue weighted by atomic mass is 10.1. The fourth-order valence-corrected chi connectivity index (χ4v) is 7.41. The van der Waals surface area contributed by atoms with Crippen molar-refractivity contribution >= 4 is 54.5 Å². The number of fused-ring (bicyclic) bond motifs is 8. The highest BCUT2D eigenvalue weighted by Crippen LogP contribution is 2.43. The number of benzene rings is 6. The third-order valence-electron chi connectivity index (χ3n) is 9.51. The van der Waals surface area contributed by atoms with E-state index in [-0.39, 0.29) is 0 Å². The number of nitrogens with zero attached hydrogens (tertiary/aromatic N) is 4. The van der Waals surface area contributed by atoms with E-state index < -0.39 is 0 Å². The molecule has 0 aliphatic carbocycles. The Balaban J connectivity index is 1.34. The Kier molecular flexibility index (Phi) is 5.54. The summed E-state index contributed by atoms with van der Waals surface area (Å²) < 4.78 is 7.05. The van der Waals surface area contributed by atoms with Crippen LogP contribution in [0, 0.1) is 0 Å². The Hall–Kier alpha value is -6.39. The molecular formula is C43H28N4. The predicted molar refractivity (Wildman–Crippen MR) is 195 cm³/mol. The van der Waals surface area contributed by atoms with Gasteiger partial charge in [-0.25, -0.2) is 4.98 Å². The van der Waals surface area contributed by atoms with Gasteiger partial charge in [-0.3, -0.25) is 4.57 Å². The van der Waals surface area contributed by atoms with Crippen molar-refractivity contribution in [2.45, 2.75) is 0 Å². The molecule has 0 saturated heterocycles. The standard InChI is InChI=1S/C43H28N4/c1-4-12-29(13-5-1)31-20-23-41(44-28-31)47-40-26-30-24-25-45(32-14-6-2-7-15-32)39(30)27-36(40)34-21-22-38-42(43(34)47)35-18-10-11-19-37(35)46(38)33-16-8-3-9-17-33/h1-28H. The lowest BCUT2D eigenvalue weighted by Crippen LogP contribution is -1.98. The summed E-state index contributed by atoms with van der Waals surface area (Å²) >= 11 is 0. The molecule has 0 fully saturated rings. The van der Waals surface area contributed by atoms with Crippen molar-refractivity contribution in [1.82, 2.24) is 18.7 Å². The third kappa shape index (κ3) is 3.85. The summed E-state index contributed by atoms with van der Waals surface area (Å²) in [6.45, 7) is 0. The molecule has 0 N–H and O–H groups in total. The van der Waals surface area contributed by atoms with Crippen molar-refractivity contribution in [2.24, 2.45) is 0 Å². The molecule has 0 saturated carbocycles. The SMILES string of the molecule is c1ccc(-c2ccc(-n3c4cc5ccn(-c6ccccc6)c5cc4c4ccc5c(c6ccccc6n5-c5ccccc5)c43)nc2)cc1. The normalized spacial score (nSPS) is 11.8. The zero-order chi connectivity index (χ0) is 30.9. The van der Waals surface area contributed by atoms with Crippen molar-refractivity contribution in [3.8, 4) is 28.3 Å². The van der Waals surface area contributed by atoms with Crippen LogP contribution in [0.1, 0.15) is 0 Å². The van der Waals surface area contributed by atoms with Gasteiger partial charge in [0.15, 0.2) is 0 Å². The molecule has 4 nitrogen and oxygen atoms in total. The molecule has 0 bridgehead atoms. The molecule has 220 valence electrons. The highest BCUT2D eigenvalue weighted by Gasteiger charge is 2.22. The molecule has 6 aromatic carbocycles. The first-order chi connectivity index (χ1) is 23.3. The summed E-state index contributed by atoms with van der Waals surface area (Å²) in [6, 6.07) is 56.3. The van der Waals surface area contributed by atoms with Crippen LogP contribution >= 0.6 is 0 Å². The summed E-state index contributed by atoms with van der Waals surface area (Å²) in [4.78, 5) is 5.13. The first-order valence-electron chi connectivity index (χ1n) is 16.0. The summed E-state index contributed by atoms with van der Waals surface area (Å²) in [6.07, 6.45) is 4.17. The van der Waals surface area contributed by atoms with Crippen molar-refractivity contribution < 1.29 is 0 Å². The van der Waals surface area contributed by atoms with Gasteiger partial charge in [-0.2, -0.15) is 0 Å². The fraction of sp³-hybridized carbons (Fsp3) is 0. The second-order valence-corrected chi connectivity index (χ2v) is 12.1. The molecule has 0 unspecified atom stereocenters. The third-order valence-corrected chi connectivity index (χ3v) is 9.51. The largest absolute Gasteiger partial charge is 0.317 e. The van der Waals surface area contributed by atoms with Gasteiger partial charge in [-0.1, -0.05) is 91.0 Å². The maximum atomic E-state index is 5.13. The monoisotopic (exact) mass is 600 g/mol. The van der Waals surface area contributed by atoms with E-state index in [1.54, 1.807) is 0 Å². The maximum Gasteiger partial charge on any atom is 0.137 e. The van der Waals surface area contributed by atoms with Crippen LogP contribution < -0.4 is 0 Å². The fourth-order valence-electron chi connectivity index (χ4n) is 7.41. The molecule has 4 heteroatoms. The molecule has 0 atom stereocenters. The first kappa shape index (κ1) is 25.9. The van der Waals surface area contributed by atoms with Crippen LogP contribution in [0.5, 0.6) is 0 Å². The second-order valence-electron chi connectivity index (χ2n) is 12.1. The lowest BCUT2D eigenvalue weighted by Gasteiger charge is -2.10. The zero-order valence-corrected chi connectivity index (χ0v) is 25.5. The van der Waals surface area contributed by atoms with Crippen LogP contribution in [0.3, 0.4) is 0 Å². The number of hydrogen-bond donors (Lipinski definition) is 0. The van der Waals surface area contributed by atoms with Gasteiger partial charge in [0.05, 0.1) is 27.6 Å². The first-order valence-corrected chi connectivity index (χ1v) is 16.0. The lowest BCUT2D eigenvalue weighted by molar-refractivity contribution is 1.09. The molecule has 10 aromatic rings. The van der Waals surface area contributed by atoms with Crippen molar-refractivity contribution in [3.63, 3.8) is 0 Å². The highest BCUT2D eigenvalue weighted by atomic mass is 15.1. The summed E-state index contributed by atoms with van der Waals surface area (Å²) in [5, 5.41) is 6.05. The quantitative estimate of drug-likeness (QED) is 0.197. The van der Waals surface area contributed by atoms with Crippen LogP contribution in [0.15, 0.2) is 170 Å². The minimum atomic E-state index is 0.899. The van der Waals surface area contributed by atoms with Crippen LogP contribution in [0.4, 0.5) is 0 Å². The average molecular weight is 601 g/mol. The molecule has 0 amide bonds. The Labute approximate surface area is 271 Å². The van der Waals surface area contributed by atoms with E-state index in [2.05, 4.69) is 172 Å². The molecule has 0 radical (unpaired) electrons. The molecule has 4 heterocycles. The van der Waals surface area contributed by atoms with Crippen LogP contribution in [0.25, 0.3) is 82.8 Å². The van der Waals surface area contributed by atoms with E-state index in [9.17, 15) is 0 Å². The highest BCUT2D eigenvalue weighted by molar-refractivity contribution is 6.27. The smallest absolute Gasteiger partial charge is 0.137 e. The minimum Gasteiger partial charge on any atom is -0.317 e. The molecule has 47 heavy (non-hydrogen) atoms. The molecule has 10 rings (SSSR count). The predicted octanol–water partition coefficient (Wildman–Crippen LogP) is 10.9. The maximum absolute atomic E-state index is 5.13. The average Bonchev–Trinajstić information content (AvgIpc) is 3.81. The summed E-state index contributed by atoms with van der Waals surface area (Å²) in [7, 11) is 0. The Morgan fingerprint density at radius 3 is 1.91 bits per heavy atom. The van der Waals surface area contributed by atoms with Gasteiger partial charge in [0.2, 0.25) is 0 Å².